The Morgan fingerprint density at radius 1 is 0.694 bits per heavy atom. The van der Waals surface area contributed by atoms with Gasteiger partial charge in [0.2, 0.25) is 0 Å². The van der Waals surface area contributed by atoms with Crippen molar-refractivity contribution in [3.63, 3.8) is 0 Å². The van der Waals surface area contributed by atoms with Crippen molar-refractivity contribution in [2.75, 3.05) is 5.73 Å². The number of aromatic nitrogens is 4. The molecule has 6 aromatic rings. The third-order valence-electron chi connectivity index (χ3n) is 5.83. The van der Waals surface area contributed by atoms with E-state index < -0.39 is 0 Å². The quantitative estimate of drug-likeness (QED) is 0.196. The van der Waals surface area contributed by atoms with E-state index in [0.717, 1.165) is 39.9 Å². The molecule has 0 saturated heterocycles. The second kappa shape index (κ2) is 10.1. The fraction of sp³-hybridized carbons (Fsp3) is 0.0714. The number of imidazole rings is 2. The zero-order valence-electron chi connectivity index (χ0n) is 19.4. The van der Waals surface area contributed by atoms with E-state index in [0.29, 0.717) is 6.54 Å². The number of para-hydroxylation sites is 4. The largest absolute Gasteiger partial charge is 0.399 e. The van der Waals surface area contributed by atoms with Crippen molar-refractivity contribution < 1.29 is 4.92 Å². The highest BCUT2D eigenvalue weighted by Gasteiger charge is 2.07. The summed E-state index contributed by atoms with van der Waals surface area (Å²) in [6.07, 6.45) is 3.62. The number of anilines is 1. The lowest BCUT2D eigenvalue weighted by atomic mass is 10.2. The van der Waals surface area contributed by atoms with E-state index in [1.54, 1.807) is 18.5 Å². The van der Waals surface area contributed by atoms with Crippen LogP contribution >= 0.6 is 0 Å². The maximum Gasteiger partial charge on any atom is 0.269 e. The molecule has 0 radical (unpaired) electrons. The van der Waals surface area contributed by atoms with Crippen LogP contribution in [0.1, 0.15) is 11.1 Å². The fourth-order valence-electron chi connectivity index (χ4n) is 4.13. The number of nitro benzene ring substituents is 1. The molecule has 0 atom stereocenters. The van der Waals surface area contributed by atoms with Crippen LogP contribution in [0.5, 0.6) is 0 Å². The highest BCUT2D eigenvalue weighted by molar-refractivity contribution is 5.75. The van der Waals surface area contributed by atoms with Crippen LogP contribution < -0.4 is 5.73 Å². The summed E-state index contributed by atoms with van der Waals surface area (Å²) in [6, 6.07) is 30.6. The Morgan fingerprint density at radius 3 is 1.78 bits per heavy atom. The zero-order valence-corrected chi connectivity index (χ0v) is 19.4. The number of non-ortho nitro benzene ring substituents is 1. The minimum Gasteiger partial charge on any atom is -0.399 e. The molecular formula is C28H24N6O2. The van der Waals surface area contributed by atoms with E-state index in [9.17, 15) is 10.1 Å². The molecule has 4 aromatic carbocycles. The molecule has 36 heavy (non-hydrogen) atoms. The van der Waals surface area contributed by atoms with Crippen LogP contribution in [0, 0.1) is 10.1 Å². The summed E-state index contributed by atoms with van der Waals surface area (Å²) in [5.41, 5.74) is 12.9. The molecule has 0 aliphatic carbocycles. The summed E-state index contributed by atoms with van der Waals surface area (Å²) in [5.74, 6) is 0. The third-order valence-corrected chi connectivity index (χ3v) is 5.83. The Morgan fingerprint density at radius 2 is 1.22 bits per heavy atom. The van der Waals surface area contributed by atoms with Gasteiger partial charge in [-0.3, -0.25) is 10.1 Å². The minimum absolute atomic E-state index is 0.113. The number of benzene rings is 4. The Bertz CT molecular complexity index is 1650. The number of fused-ring (bicyclic) bond motifs is 2. The molecule has 0 saturated carbocycles. The molecule has 0 unspecified atom stereocenters. The predicted octanol–water partition coefficient (Wildman–Crippen LogP) is 5.66. The standard InChI is InChI=1S/C14H11N3O2.C14H13N3/c18-17(19)12-5-3-4-11(8-12)9-16-10-15-13-6-1-2-7-14(13)16;15-12-5-3-4-11(8-12)9-17-10-16-13-6-1-2-7-14(13)17/h1-8,10H,9H2;1-8,10H,9,15H2. The summed E-state index contributed by atoms with van der Waals surface area (Å²) in [7, 11) is 0. The zero-order chi connectivity index (χ0) is 24.9. The van der Waals surface area contributed by atoms with Crippen LogP contribution in [0.4, 0.5) is 11.4 Å². The highest BCUT2D eigenvalue weighted by Crippen LogP contribution is 2.18. The molecule has 0 bridgehead atoms. The Labute approximate surface area is 207 Å². The van der Waals surface area contributed by atoms with Gasteiger partial charge >= 0.3 is 0 Å². The van der Waals surface area contributed by atoms with Gasteiger partial charge in [-0.1, -0.05) is 48.5 Å². The second-order valence-corrected chi connectivity index (χ2v) is 8.39. The Balaban J connectivity index is 0.000000149. The Hall–Kier alpha value is -4.98. The summed E-state index contributed by atoms with van der Waals surface area (Å²) in [4.78, 5) is 19.0. The highest BCUT2D eigenvalue weighted by atomic mass is 16.6. The topological polar surface area (TPSA) is 105 Å². The molecule has 178 valence electrons. The lowest BCUT2D eigenvalue weighted by molar-refractivity contribution is -0.384. The maximum atomic E-state index is 10.8. The second-order valence-electron chi connectivity index (χ2n) is 8.39. The molecule has 8 heteroatoms. The van der Waals surface area contributed by atoms with E-state index >= 15 is 0 Å². The average Bonchev–Trinajstić information content (AvgIpc) is 3.49. The van der Waals surface area contributed by atoms with Crippen LogP contribution in [0.3, 0.4) is 0 Å². The van der Waals surface area contributed by atoms with Gasteiger partial charge in [0.05, 0.1) is 39.6 Å². The average molecular weight is 477 g/mol. The number of nitrogens with two attached hydrogens (primary N) is 1. The molecule has 8 nitrogen and oxygen atoms in total. The van der Waals surface area contributed by atoms with E-state index in [1.807, 2.05) is 77.6 Å². The molecule has 0 aliphatic rings. The molecule has 0 aliphatic heterocycles. The van der Waals surface area contributed by atoms with E-state index in [4.69, 9.17) is 5.73 Å². The molecular weight excluding hydrogens is 452 g/mol. The van der Waals surface area contributed by atoms with Crippen LogP contribution in [0.2, 0.25) is 0 Å². The third kappa shape index (κ3) is 5.07. The van der Waals surface area contributed by atoms with Crippen molar-refractivity contribution in [2.24, 2.45) is 0 Å². The SMILES string of the molecule is Nc1cccc(Cn2cnc3ccccc32)c1.O=[N+]([O-])c1cccc(Cn2cnc3ccccc32)c1. The Kier molecular flexibility index (Phi) is 6.40. The van der Waals surface area contributed by atoms with Crippen molar-refractivity contribution in [1.82, 2.24) is 19.1 Å². The van der Waals surface area contributed by atoms with Crippen LogP contribution in [0.15, 0.2) is 110 Å². The first-order valence-corrected chi connectivity index (χ1v) is 11.4. The molecule has 0 spiro atoms. The number of hydrogen-bond acceptors (Lipinski definition) is 5. The van der Waals surface area contributed by atoms with Crippen molar-refractivity contribution in [3.05, 3.63) is 131 Å². The normalized spacial score (nSPS) is 10.8. The van der Waals surface area contributed by atoms with Crippen molar-refractivity contribution >= 4 is 33.4 Å². The van der Waals surface area contributed by atoms with Gasteiger partial charge in [0.1, 0.15) is 0 Å². The first kappa shape index (κ1) is 22.8. The van der Waals surface area contributed by atoms with Gasteiger partial charge in [-0.05, 0) is 47.5 Å². The molecule has 0 fully saturated rings. The van der Waals surface area contributed by atoms with E-state index in [1.165, 1.54) is 11.6 Å². The van der Waals surface area contributed by atoms with Gasteiger partial charge in [0.25, 0.3) is 5.69 Å². The number of nitro groups is 1. The first-order chi connectivity index (χ1) is 17.6. The first-order valence-electron chi connectivity index (χ1n) is 11.4. The van der Waals surface area contributed by atoms with E-state index in [2.05, 4.69) is 26.7 Å². The van der Waals surface area contributed by atoms with Gasteiger partial charge in [0, 0.05) is 30.9 Å². The summed E-state index contributed by atoms with van der Waals surface area (Å²) < 4.78 is 4.11. The van der Waals surface area contributed by atoms with Gasteiger partial charge in [-0.15, -0.1) is 0 Å². The summed E-state index contributed by atoms with van der Waals surface area (Å²) in [6.45, 7) is 1.37. The van der Waals surface area contributed by atoms with Crippen molar-refractivity contribution in [2.45, 2.75) is 13.1 Å². The molecule has 2 N–H and O–H groups in total. The summed E-state index contributed by atoms with van der Waals surface area (Å²) >= 11 is 0. The van der Waals surface area contributed by atoms with Crippen molar-refractivity contribution in [3.8, 4) is 0 Å². The number of nitrogen functional groups attached to an aromatic ring is 1. The van der Waals surface area contributed by atoms with Gasteiger partial charge in [-0.25, -0.2) is 9.97 Å². The smallest absolute Gasteiger partial charge is 0.269 e. The lowest BCUT2D eigenvalue weighted by Crippen LogP contribution is -1.98. The van der Waals surface area contributed by atoms with Gasteiger partial charge in [0.15, 0.2) is 0 Å². The molecule has 6 rings (SSSR count). The number of rotatable bonds is 5. The van der Waals surface area contributed by atoms with Crippen molar-refractivity contribution in [1.29, 1.82) is 0 Å². The van der Waals surface area contributed by atoms with Crippen LogP contribution in [-0.4, -0.2) is 24.0 Å². The minimum atomic E-state index is -0.379. The van der Waals surface area contributed by atoms with E-state index in [-0.39, 0.29) is 10.6 Å². The predicted molar refractivity (Wildman–Crippen MR) is 142 cm³/mol. The monoisotopic (exact) mass is 476 g/mol. The fourth-order valence-corrected chi connectivity index (χ4v) is 4.13. The molecule has 2 aromatic heterocycles. The maximum absolute atomic E-state index is 10.8. The lowest BCUT2D eigenvalue weighted by Gasteiger charge is -2.05. The van der Waals surface area contributed by atoms with Crippen LogP contribution in [-0.2, 0) is 13.1 Å². The number of nitrogens with zero attached hydrogens (tertiary/aromatic N) is 5. The number of hydrogen-bond donors (Lipinski definition) is 1. The van der Waals surface area contributed by atoms with Gasteiger partial charge < -0.3 is 14.9 Å². The summed E-state index contributed by atoms with van der Waals surface area (Å²) in [5, 5.41) is 10.8. The molecule has 0 amide bonds. The molecule has 2 heterocycles. The van der Waals surface area contributed by atoms with Gasteiger partial charge in [-0.2, -0.15) is 0 Å². The van der Waals surface area contributed by atoms with Crippen LogP contribution in [0.25, 0.3) is 22.1 Å².